The lowest BCUT2D eigenvalue weighted by molar-refractivity contribution is 0.245. The molecule has 3 heterocycles. The Hall–Kier alpha value is -2.15. The standard InChI is InChI=1S/C13H18N6O/c1-20-12-2-3-14-11(8-12)9-18-4-6-19(7-5-18)13-15-10-16-17-13/h2-3,8,10H,4-7,9H2,1H3,(H,15,16,17). The van der Waals surface area contributed by atoms with Gasteiger partial charge in [0, 0.05) is 45.0 Å². The van der Waals surface area contributed by atoms with E-state index in [1.807, 2.05) is 12.1 Å². The van der Waals surface area contributed by atoms with E-state index >= 15 is 0 Å². The van der Waals surface area contributed by atoms with Crippen LogP contribution >= 0.6 is 0 Å². The van der Waals surface area contributed by atoms with E-state index in [0.717, 1.165) is 50.1 Å². The predicted molar refractivity (Wildman–Crippen MR) is 74.7 cm³/mol. The molecule has 0 aliphatic carbocycles. The summed E-state index contributed by atoms with van der Waals surface area (Å²) in [4.78, 5) is 13.2. The Labute approximate surface area is 117 Å². The SMILES string of the molecule is COc1ccnc(CN2CCN(c3ncn[nH]3)CC2)c1. The molecular formula is C13H18N6O. The van der Waals surface area contributed by atoms with Gasteiger partial charge in [0.05, 0.1) is 12.8 Å². The molecule has 1 fully saturated rings. The second-order valence-electron chi connectivity index (χ2n) is 4.76. The Morgan fingerprint density at radius 2 is 2.10 bits per heavy atom. The van der Waals surface area contributed by atoms with Gasteiger partial charge in [0.1, 0.15) is 12.1 Å². The van der Waals surface area contributed by atoms with Gasteiger partial charge in [-0.1, -0.05) is 0 Å². The number of H-pyrrole nitrogens is 1. The first-order chi connectivity index (χ1) is 9.85. The minimum Gasteiger partial charge on any atom is -0.497 e. The second-order valence-corrected chi connectivity index (χ2v) is 4.76. The van der Waals surface area contributed by atoms with Crippen LogP contribution in [0.3, 0.4) is 0 Å². The van der Waals surface area contributed by atoms with Crippen molar-refractivity contribution in [3.05, 3.63) is 30.4 Å². The summed E-state index contributed by atoms with van der Waals surface area (Å²) in [6.45, 7) is 4.71. The van der Waals surface area contributed by atoms with Gasteiger partial charge in [-0.3, -0.25) is 9.88 Å². The first-order valence-corrected chi connectivity index (χ1v) is 6.67. The molecule has 20 heavy (non-hydrogen) atoms. The number of hydrogen-bond donors (Lipinski definition) is 1. The summed E-state index contributed by atoms with van der Waals surface area (Å²) in [6, 6.07) is 3.86. The summed E-state index contributed by atoms with van der Waals surface area (Å²) in [5.74, 6) is 1.71. The van der Waals surface area contributed by atoms with Crippen molar-refractivity contribution in [2.45, 2.75) is 6.54 Å². The lowest BCUT2D eigenvalue weighted by Gasteiger charge is -2.34. The lowest BCUT2D eigenvalue weighted by Crippen LogP contribution is -2.46. The number of methoxy groups -OCH3 is 1. The number of anilines is 1. The summed E-state index contributed by atoms with van der Waals surface area (Å²) in [6.07, 6.45) is 3.33. The molecule has 1 aliphatic heterocycles. The summed E-state index contributed by atoms with van der Waals surface area (Å²) in [7, 11) is 1.68. The van der Waals surface area contributed by atoms with Crippen molar-refractivity contribution in [1.29, 1.82) is 0 Å². The van der Waals surface area contributed by atoms with Crippen LogP contribution in [0.5, 0.6) is 5.75 Å². The number of ether oxygens (including phenoxy) is 1. The number of nitrogens with one attached hydrogen (secondary N) is 1. The zero-order valence-electron chi connectivity index (χ0n) is 11.5. The van der Waals surface area contributed by atoms with Crippen LogP contribution in [0.1, 0.15) is 5.69 Å². The number of nitrogens with zero attached hydrogens (tertiary/aromatic N) is 5. The maximum Gasteiger partial charge on any atom is 0.221 e. The maximum atomic E-state index is 5.22. The molecule has 0 atom stereocenters. The zero-order valence-corrected chi connectivity index (χ0v) is 11.5. The molecule has 2 aromatic heterocycles. The monoisotopic (exact) mass is 274 g/mol. The van der Waals surface area contributed by atoms with Gasteiger partial charge in [-0.2, -0.15) is 10.1 Å². The van der Waals surface area contributed by atoms with Gasteiger partial charge in [-0.15, -0.1) is 0 Å². The number of rotatable bonds is 4. The largest absolute Gasteiger partial charge is 0.497 e. The smallest absolute Gasteiger partial charge is 0.221 e. The molecule has 7 nitrogen and oxygen atoms in total. The molecule has 7 heteroatoms. The Bertz CT molecular complexity index is 536. The number of pyridine rings is 1. The fourth-order valence-corrected chi connectivity index (χ4v) is 2.37. The fraction of sp³-hybridized carbons (Fsp3) is 0.462. The highest BCUT2D eigenvalue weighted by Crippen LogP contribution is 2.14. The van der Waals surface area contributed by atoms with E-state index in [1.165, 1.54) is 0 Å². The Morgan fingerprint density at radius 1 is 1.25 bits per heavy atom. The van der Waals surface area contributed by atoms with Crippen molar-refractivity contribution in [3.63, 3.8) is 0 Å². The molecule has 0 radical (unpaired) electrons. The molecule has 0 amide bonds. The molecule has 0 bridgehead atoms. The zero-order chi connectivity index (χ0) is 13.8. The molecule has 2 aromatic rings. The van der Waals surface area contributed by atoms with Crippen LogP contribution in [0.15, 0.2) is 24.7 Å². The number of hydrogen-bond acceptors (Lipinski definition) is 6. The summed E-state index contributed by atoms with van der Waals surface area (Å²) >= 11 is 0. The van der Waals surface area contributed by atoms with Gasteiger partial charge >= 0.3 is 0 Å². The van der Waals surface area contributed by atoms with E-state index in [9.17, 15) is 0 Å². The van der Waals surface area contributed by atoms with Crippen LogP contribution < -0.4 is 9.64 Å². The third kappa shape index (κ3) is 2.88. The predicted octanol–water partition coefficient (Wildman–Crippen LogP) is 0.530. The van der Waals surface area contributed by atoms with Crippen LogP contribution in [0.2, 0.25) is 0 Å². The maximum absolute atomic E-state index is 5.22. The molecule has 106 valence electrons. The van der Waals surface area contributed by atoms with Gasteiger partial charge in [0.25, 0.3) is 0 Å². The number of aromatic nitrogens is 4. The Kier molecular flexibility index (Phi) is 3.78. The van der Waals surface area contributed by atoms with E-state index in [4.69, 9.17) is 4.74 Å². The van der Waals surface area contributed by atoms with Gasteiger partial charge in [0.2, 0.25) is 5.95 Å². The molecule has 3 rings (SSSR count). The van der Waals surface area contributed by atoms with E-state index in [-0.39, 0.29) is 0 Å². The van der Waals surface area contributed by atoms with Crippen LogP contribution in [-0.4, -0.2) is 58.4 Å². The third-order valence-electron chi connectivity index (χ3n) is 3.48. The van der Waals surface area contributed by atoms with Gasteiger partial charge in [-0.25, -0.2) is 5.10 Å². The van der Waals surface area contributed by atoms with Gasteiger partial charge < -0.3 is 9.64 Å². The highest BCUT2D eigenvalue weighted by Gasteiger charge is 2.19. The van der Waals surface area contributed by atoms with Crippen LogP contribution in [0.4, 0.5) is 5.95 Å². The molecule has 0 aromatic carbocycles. The Balaban J connectivity index is 1.55. The molecule has 0 unspecified atom stereocenters. The summed E-state index contributed by atoms with van der Waals surface area (Å²) in [5.41, 5.74) is 1.04. The molecule has 1 aliphatic rings. The number of aromatic amines is 1. The first-order valence-electron chi connectivity index (χ1n) is 6.67. The number of piperazine rings is 1. The highest BCUT2D eigenvalue weighted by atomic mass is 16.5. The van der Waals surface area contributed by atoms with Crippen molar-refractivity contribution in [1.82, 2.24) is 25.1 Å². The van der Waals surface area contributed by atoms with Crippen molar-refractivity contribution in [3.8, 4) is 5.75 Å². The van der Waals surface area contributed by atoms with Crippen LogP contribution in [0, 0.1) is 0 Å². The molecule has 0 spiro atoms. The van der Waals surface area contributed by atoms with Crippen molar-refractivity contribution in [2.24, 2.45) is 0 Å². The summed E-state index contributed by atoms with van der Waals surface area (Å²) < 4.78 is 5.22. The van der Waals surface area contributed by atoms with Crippen molar-refractivity contribution < 1.29 is 4.74 Å². The van der Waals surface area contributed by atoms with E-state index in [0.29, 0.717) is 0 Å². The minimum absolute atomic E-state index is 0.849. The first kappa shape index (κ1) is 12.9. The topological polar surface area (TPSA) is 70.2 Å². The fourth-order valence-electron chi connectivity index (χ4n) is 2.37. The van der Waals surface area contributed by atoms with Crippen LogP contribution in [0.25, 0.3) is 0 Å². The van der Waals surface area contributed by atoms with Crippen LogP contribution in [-0.2, 0) is 6.54 Å². The average molecular weight is 274 g/mol. The Morgan fingerprint density at radius 3 is 2.80 bits per heavy atom. The van der Waals surface area contributed by atoms with E-state index < -0.39 is 0 Å². The van der Waals surface area contributed by atoms with Gasteiger partial charge in [0.15, 0.2) is 0 Å². The van der Waals surface area contributed by atoms with E-state index in [1.54, 1.807) is 19.6 Å². The molecular weight excluding hydrogens is 256 g/mol. The highest BCUT2D eigenvalue weighted by molar-refractivity contribution is 5.28. The normalized spacial score (nSPS) is 16.4. The lowest BCUT2D eigenvalue weighted by atomic mass is 10.2. The van der Waals surface area contributed by atoms with Crippen molar-refractivity contribution >= 4 is 5.95 Å². The minimum atomic E-state index is 0.849. The van der Waals surface area contributed by atoms with Crippen molar-refractivity contribution in [2.75, 3.05) is 38.2 Å². The molecule has 1 saturated heterocycles. The molecule has 0 saturated carbocycles. The van der Waals surface area contributed by atoms with E-state index in [2.05, 4.69) is 30.0 Å². The summed E-state index contributed by atoms with van der Waals surface area (Å²) in [5, 5.41) is 6.79. The average Bonchev–Trinajstić information content (AvgIpc) is 3.02. The van der Waals surface area contributed by atoms with Gasteiger partial charge in [-0.05, 0) is 6.07 Å². The quantitative estimate of drug-likeness (QED) is 0.877. The second kappa shape index (κ2) is 5.87. The molecule has 1 N–H and O–H groups in total. The third-order valence-corrected chi connectivity index (χ3v) is 3.48.